The number of rotatable bonds is 6. The van der Waals surface area contributed by atoms with Gasteiger partial charge in [-0.05, 0) is 59.2 Å². The Hall–Kier alpha value is -3.81. The van der Waals surface area contributed by atoms with E-state index in [9.17, 15) is 9.59 Å². The first-order chi connectivity index (χ1) is 14.1. The van der Waals surface area contributed by atoms with E-state index in [0.29, 0.717) is 23.1 Å². The summed E-state index contributed by atoms with van der Waals surface area (Å²) >= 11 is 0. The molecule has 2 amide bonds. The minimum Gasteiger partial charge on any atom is -0.355 e. The zero-order valence-corrected chi connectivity index (χ0v) is 15.9. The highest BCUT2D eigenvalue weighted by atomic mass is 16.2. The average Bonchev–Trinajstić information content (AvgIpc) is 3.48. The van der Waals surface area contributed by atoms with E-state index in [2.05, 4.69) is 26.2 Å². The van der Waals surface area contributed by atoms with E-state index >= 15 is 0 Å². The van der Waals surface area contributed by atoms with E-state index in [0.717, 1.165) is 24.0 Å². The summed E-state index contributed by atoms with van der Waals surface area (Å²) in [5.74, 6) is 0.306. The predicted molar refractivity (Wildman–Crippen MR) is 109 cm³/mol. The van der Waals surface area contributed by atoms with Crippen molar-refractivity contribution in [2.45, 2.75) is 18.9 Å². The standard InChI is InChI=1S/C21H20N6O2/c1-22-21(29)15-8-5-14(6-9-15)7-12-19(28)23-17-4-2-3-16(13-17)20-24-25-26-27(20)18-10-11-18/h2-9,12-13,18H,10-11H2,1H3,(H,22,29)(H,23,28)/b12-7+. The quantitative estimate of drug-likeness (QED) is 0.632. The summed E-state index contributed by atoms with van der Waals surface area (Å²) in [7, 11) is 1.59. The average molecular weight is 388 g/mol. The van der Waals surface area contributed by atoms with Crippen LogP contribution in [0.1, 0.15) is 34.8 Å². The summed E-state index contributed by atoms with van der Waals surface area (Å²) in [6.07, 6.45) is 5.32. The van der Waals surface area contributed by atoms with Crippen molar-refractivity contribution in [2.75, 3.05) is 12.4 Å². The molecule has 0 spiro atoms. The second-order valence-corrected chi connectivity index (χ2v) is 6.78. The number of anilines is 1. The van der Waals surface area contributed by atoms with Gasteiger partial charge in [0.1, 0.15) is 0 Å². The number of amides is 2. The van der Waals surface area contributed by atoms with Crippen molar-refractivity contribution in [3.05, 3.63) is 65.7 Å². The molecule has 0 aliphatic heterocycles. The number of hydrogen-bond donors (Lipinski definition) is 2. The van der Waals surface area contributed by atoms with Gasteiger partial charge in [-0.25, -0.2) is 4.68 Å². The fraction of sp³-hybridized carbons (Fsp3) is 0.190. The van der Waals surface area contributed by atoms with Gasteiger partial charge in [-0.15, -0.1) is 5.10 Å². The molecule has 4 rings (SSSR count). The molecule has 8 nitrogen and oxygen atoms in total. The lowest BCUT2D eigenvalue weighted by atomic mass is 10.1. The number of tetrazole rings is 1. The molecule has 0 radical (unpaired) electrons. The van der Waals surface area contributed by atoms with E-state index in [1.54, 1.807) is 37.4 Å². The van der Waals surface area contributed by atoms with E-state index < -0.39 is 0 Å². The van der Waals surface area contributed by atoms with Crippen LogP contribution in [0.15, 0.2) is 54.6 Å². The molecule has 2 aromatic carbocycles. The maximum atomic E-state index is 12.3. The summed E-state index contributed by atoms with van der Waals surface area (Å²) in [6.45, 7) is 0. The number of hydrogen-bond acceptors (Lipinski definition) is 5. The molecule has 146 valence electrons. The lowest BCUT2D eigenvalue weighted by Gasteiger charge is -2.06. The molecular weight excluding hydrogens is 368 g/mol. The van der Waals surface area contributed by atoms with Gasteiger partial charge < -0.3 is 10.6 Å². The number of aromatic nitrogens is 4. The molecule has 1 saturated carbocycles. The summed E-state index contributed by atoms with van der Waals surface area (Å²) in [5.41, 5.74) is 2.91. The minimum atomic E-state index is -0.251. The highest BCUT2D eigenvalue weighted by Crippen LogP contribution is 2.36. The molecule has 1 aromatic heterocycles. The fourth-order valence-electron chi connectivity index (χ4n) is 2.93. The third-order valence-corrected chi connectivity index (χ3v) is 4.60. The first-order valence-electron chi connectivity index (χ1n) is 9.33. The number of nitrogens with one attached hydrogen (secondary N) is 2. The molecule has 0 bridgehead atoms. The van der Waals surface area contributed by atoms with Crippen LogP contribution in [0.25, 0.3) is 17.5 Å². The topological polar surface area (TPSA) is 102 Å². The largest absolute Gasteiger partial charge is 0.355 e. The molecule has 1 aliphatic carbocycles. The molecule has 0 unspecified atom stereocenters. The van der Waals surface area contributed by atoms with Crippen LogP contribution in [-0.2, 0) is 4.79 Å². The third-order valence-electron chi connectivity index (χ3n) is 4.60. The van der Waals surface area contributed by atoms with Gasteiger partial charge in [-0.2, -0.15) is 0 Å². The Morgan fingerprint density at radius 1 is 1.14 bits per heavy atom. The molecule has 8 heteroatoms. The Bertz CT molecular complexity index is 1070. The van der Waals surface area contributed by atoms with Gasteiger partial charge in [0.2, 0.25) is 5.91 Å². The van der Waals surface area contributed by atoms with Crippen molar-refractivity contribution in [3.8, 4) is 11.4 Å². The smallest absolute Gasteiger partial charge is 0.251 e. The molecule has 1 fully saturated rings. The Balaban J connectivity index is 1.42. The summed E-state index contributed by atoms with van der Waals surface area (Å²) in [6, 6.07) is 14.8. The van der Waals surface area contributed by atoms with Crippen molar-refractivity contribution >= 4 is 23.6 Å². The van der Waals surface area contributed by atoms with Gasteiger partial charge in [0.25, 0.3) is 5.91 Å². The van der Waals surface area contributed by atoms with Crippen LogP contribution in [0.2, 0.25) is 0 Å². The maximum Gasteiger partial charge on any atom is 0.251 e. The van der Waals surface area contributed by atoms with Crippen molar-refractivity contribution < 1.29 is 9.59 Å². The van der Waals surface area contributed by atoms with E-state index in [1.807, 2.05) is 28.9 Å². The monoisotopic (exact) mass is 388 g/mol. The van der Waals surface area contributed by atoms with Crippen molar-refractivity contribution in [1.29, 1.82) is 0 Å². The van der Waals surface area contributed by atoms with Crippen LogP contribution < -0.4 is 10.6 Å². The summed E-state index contributed by atoms with van der Waals surface area (Å²) in [4.78, 5) is 23.8. The number of carbonyl (C=O) groups excluding carboxylic acids is 2. The van der Waals surface area contributed by atoms with E-state index in [1.165, 1.54) is 6.08 Å². The van der Waals surface area contributed by atoms with Gasteiger partial charge in [-0.1, -0.05) is 24.3 Å². The lowest BCUT2D eigenvalue weighted by Crippen LogP contribution is -2.17. The number of carbonyl (C=O) groups is 2. The zero-order valence-electron chi connectivity index (χ0n) is 15.9. The van der Waals surface area contributed by atoms with Crippen LogP contribution in [0.3, 0.4) is 0 Å². The van der Waals surface area contributed by atoms with Crippen molar-refractivity contribution in [3.63, 3.8) is 0 Å². The normalized spacial score (nSPS) is 13.4. The Morgan fingerprint density at radius 2 is 1.93 bits per heavy atom. The molecule has 2 N–H and O–H groups in total. The second-order valence-electron chi connectivity index (χ2n) is 6.78. The van der Waals surface area contributed by atoms with Crippen molar-refractivity contribution in [2.24, 2.45) is 0 Å². The molecule has 29 heavy (non-hydrogen) atoms. The molecule has 1 aliphatic rings. The van der Waals surface area contributed by atoms with Crippen LogP contribution >= 0.6 is 0 Å². The van der Waals surface area contributed by atoms with Gasteiger partial charge in [-0.3, -0.25) is 9.59 Å². The highest BCUT2D eigenvalue weighted by molar-refractivity contribution is 6.02. The van der Waals surface area contributed by atoms with Gasteiger partial charge >= 0.3 is 0 Å². The maximum absolute atomic E-state index is 12.3. The fourth-order valence-corrected chi connectivity index (χ4v) is 2.93. The lowest BCUT2D eigenvalue weighted by molar-refractivity contribution is -0.111. The highest BCUT2D eigenvalue weighted by Gasteiger charge is 2.28. The molecule has 0 atom stereocenters. The minimum absolute atomic E-state index is 0.147. The first kappa shape index (κ1) is 18.5. The summed E-state index contributed by atoms with van der Waals surface area (Å²) < 4.78 is 1.84. The summed E-state index contributed by atoms with van der Waals surface area (Å²) in [5, 5.41) is 17.4. The Labute approximate surface area is 167 Å². The zero-order chi connectivity index (χ0) is 20.2. The van der Waals surface area contributed by atoms with Gasteiger partial charge in [0.05, 0.1) is 6.04 Å². The molecular formula is C21H20N6O2. The van der Waals surface area contributed by atoms with Gasteiger partial charge in [0.15, 0.2) is 5.82 Å². The first-order valence-corrected chi connectivity index (χ1v) is 9.33. The van der Waals surface area contributed by atoms with Crippen LogP contribution in [0.5, 0.6) is 0 Å². The van der Waals surface area contributed by atoms with Crippen LogP contribution in [-0.4, -0.2) is 39.1 Å². The van der Waals surface area contributed by atoms with Gasteiger partial charge in [0, 0.05) is 29.9 Å². The molecule has 3 aromatic rings. The molecule has 0 saturated heterocycles. The number of benzene rings is 2. The Kier molecular flexibility index (Phi) is 5.15. The van der Waals surface area contributed by atoms with Crippen LogP contribution in [0, 0.1) is 0 Å². The van der Waals surface area contributed by atoms with E-state index in [-0.39, 0.29) is 11.8 Å². The third kappa shape index (κ3) is 4.37. The van der Waals surface area contributed by atoms with Crippen LogP contribution in [0.4, 0.5) is 5.69 Å². The number of nitrogens with zero attached hydrogens (tertiary/aromatic N) is 4. The predicted octanol–water partition coefficient (Wildman–Crippen LogP) is 2.69. The SMILES string of the molecule is CNC(=O)c1ccc(/C=C/C(=O)Nc2cccc(-c3nnnn3C3CC3)c2)cc1. The molecule has 1 heterocycles. The van der Waals surface area contributed by atoms with Crippen molar-refractivity contribution in [1.82, 2.24) is 25.5 Å². The van der Waals surface area contributed by atoms with E-state index in [4.69, 9.17) is 0 Å². The second kappa shape index (κ2) is 8.05. The Morgan fingerprint density at radius 3 is 2.66 bits per heavy atom.